The number of fused-ring (bicyclic) bond motifs is 1. The number of nitrogens with zero attached hydrogens (tertiary/aromatic N) is 6. The summed E-state index contributed by atoms with van der Waals surface area (Å²) in [6.45, 7) is 0.487. The van der Waals surface area contributed by atoms with Gasteiger partial charge in [0.2, 0.25) is 5.82 Å². The first-order valence-corrected chi connectivity index (χ1v) is 8.17. The number of anilines is 1. The van der Waals surface area contributed by atoms with E-state index in [2.05, 4.69) is 25.5 Å². The summed E-state index contributed by atoms with van der Waals surface area (Å²) in [7, 11) is 3.16. The van der Waals surface area contributed by atoms with Gasteiger partial charge in [-0.05, 0) is 34.2 Å². The molecule has 4 aromatic rings. The van der Waals surface area contributed by atoms with Crippen LogP contribution in [0.2, 0.25) is 0 Å². The summed E-state index contributed by atoms with van der Waals surface area (Å²) in [6, 6.07) is 11.2. The van der Waals surface area contributed by atoms with Crippen molar-refractivity contribution in [3.05, 3.63) is 48.3 Å². The monoisotopic (exact) mass is 363 g/mol. The van der Waals surface area contributed by atoms with Crippen LogP contribution in [0.5, 0.6) is 11.5 Å². The van der Waals surface area contributed by atoms with Crippen molar-refractivity contribution in [3.8, 4) is 23.0 Å². The quantitative estimate of drug-likeness (QED) is 0.535. The van der Waals surface area contributed by atoms with Gasteiger partial charge in [0, 0.05) is 17.1 Å². The van der Waals surface area contributed by atoms with E-state index in [-0.39, 0.29) is 0 Å². The Bertz CT molecular complexity index is 1090. The molecule has 27 heavy (non-hydrogen) atoms. The summed E-state index contributed by atoms with van der Waals surface area (Å²) < 4.78 is 12.4. The number of tetrazole rings is 1. The molecule has 2 aromatic heterocycles. The maximum atomic E-state index is 5.75. The normalized spacial score (nSPS) is 10.9. The van der Waals surface area contributed by atoms with Crippen LogP contribution < -0.4 is 15.2 Å². The first-order chi connectivity index (χ1) is 13.2. The smallest absolute Gasteiger partial charge is 0.201 e. The lowest BCUT2D eigenvalue weighted by atomic mass is 10.1. The van der Waals surface area contributed by atoms with Crippen molar-refractivity contribution < 1.29 is 9.47 Å². The molecule has 2 heterocycles. The van der Waals surface area contributed by atoms with E-state index < -0.39 is 0 Å². The molecule has 9 heteroatoms. The summed E-state index contributed by atoms with van der Waals surface area (Å²) in [5.74, 6) is 1.71. The van der Waals surface area contributed by atoms with Gasteiger partial charge in [-0.1, -0.05) is 12.1 Å². The van der Waals surface area contributed by atoms with Crippen molar-refractivity contribution in [1.82, 2.24) is 30.2 Å². The lowest BCUT2D eigenvalue weighted by Gasteiger charge is -2.11. The van der Waals surface area contributed by atoms with E-state index in [1.54, 1.807) is 25.0 Å². The van der Waals surface area contributed by atoms with Crippen molar-refractivity contribution in [3.63, 3.8) is 0 Å². The summed E-state index contributed by atoms with van der Waals surface area (Å²) in [5.41, 5.74) is 8.80. The van der Waals surface area contributed by atoms with Crippen molar-refractivity contribution in [2.75, 3.05) is 20.0 Å². The molecule has 0 aliphatic rings. The third-order valence-electron chi connectivity index (χ3n) is 4.20. The first-order valence-electron chi connectivity index (χ1n) is 8.17. The molecule has 0 spiro atoms. The number of nitrogen functional groups attached to an aromatic ring is 1. The molecular weight excluding hydrogens is 346 g/mol. The number of benzene rings is 2. The van der Waals surface area contributed by atoms with Crippen LogP contribution in [0.25, 0.3) is 22.4 Å². The van der Waals surface area contributed by atoms with Gasteiger partial charge in [-0.3, -0.25) is 0 Å². The topological polar surface area (TPSA) is 114 Å². The molecule has 0 radical (unpaired) electrons. The van der Waals surface area contributed by atoms with E-state index in [4.69, 9.17) is 15.2 Å². The third-order valence-corrected chi connectivity index (χ3v) is 4.20. The molecule has 0 aliphatic heterocycles. The van der Waals surface area contributed by atoms with E-state index >= 15 is 0 Å². The lowest BCUT2D eigenvalue weighted by Crippen LogP contribution is -2.06. The van der Waals surface area contributed by atoms with Gasteiger partial charge < -0.3 is 15.2 Å². The molecule has 4 rings (SSSR count). The molecule has 2 N–H and O–H groups in total. The number of rotatable bonds is 5. The predicted octanol–water partition coefficient (Wildman–Crippen LogP) is 1.93. The molecule has 0 aliphatic carbocycles. The molecule has 0 saturated carbocycles. The second-order valence-corrected chi connectivity index (χ2v) is 5.85. The zero-order chi connectivity index (χ0) is 18.8. The lowest BCUT2D eigenvalue weighted by molar-refractivity contribution is 0.356. The Morgan fingerprint density at radius 2 is 1.74 bits per heavy atom. The van der Waals surface area contributed by atoms with Crippen molar-refractivity contribution in [2.45, 2.75) is 6.54 Å². The molecule has 0 amide bonds. The average Bonchev–Trinajstić information content (AvgIpc) is 3.16. The summed E-state index contributed by atoms with van der Waals surface area (Å²) in [5, 5.41) is 12.8. The molecule has 0 bridgehead atoms. The highest BCUT2D eigenvalue weighted by Crippen LogP contribution is 2.34. The van der Waals surface area contributed by atoms with Crippen LogP contribution in [0.1, 0.15) is 5.56 Å². The molecule has 0 atom stereocenters. The first kappa shape index (κ1) is 16.7. The summed E-state index contributed by atoms with van der Waals surface area (Å²) in [6.07, 6.45) is 1.48. The Labute approximate surface area is 154 Å². The van der Waals surface area contributed by atoms with E-state index in [9.17, 15) is 0 Å². The highest BCUT2D eigenvalue weighted by Gasteiger charge is 2.17. The van der Waals surface area contributed by atoms with Crippen molar-refractivity contribution in [2.24, 2.45) is 0 Å². The third kappa shape index (κ3) is 3.10. The van der Waals surface area contributed by atoms with Gasteiger partial charge >= 0.3 is 0 Å². The van der Waals surface area contributed by atoms with Crippen LogP contribution in [0.4, 0.5) is 5.69 Å². The van der Waals surface area contributed by atoms with Gasteiger partial charge in [-0.2, -0.15) is 0 Å². The van der Waals surface area contributed by atoms with E-state index in [0.29, 0.717) is 40.8 Å². The number of hydrogen-bond donors (Lipinski definition) is 1. The maximum Gasteiger partial charge on any atom is 0.201 e. The van der Waals surface area contributed by atoms with Gasteiger partial charge in [-0.15, -0.1) is 5.10 Å². The molecule has 0 unspecified atom stereocenters. The van der Waals surface area contributed by atoms with Crippen molar-refractivity contribution in [1.29, 1.82) is 0 Å². The van der Waals surface area contributed by atoms with Crippen LogP contribution in [0.15, 0.2) is 42.7 Å². The fourth-order valence-corrected chi connectivity index (χ4v) is 2.84. The van der Waals surface area contributed by atoms with Crippen LogP contribution in [0.3, 0.4) is 0 Å². The zero-order valence-electron chi connectivity index (χ0n) is 14.8. The van der Waals surface area contributed by atoms with E-state index in [1.807, 2.05) is 30.3 Å². The number of nitrogens with two attached hydrogens (primary N) is 1. The average molecular weight is 363 g/mol. The van der Waals surface area contributed by atoms with E-state index in [0.717, 1.165) is 10.9 Å². The highest BCUT2D eigenvalue weighted by molar-refractivity contribution is 5.92. The molecule has 136 valence electrons. The summed E-state index contributed by atoms with van der Waals surface area (Å²) >= 11 is 0. The van der Waals surface area contributed by atoms with Crippen LogP contribution in [0, 0.1) is 0 Å². The Morgan fingerprint density at radius 1 is 1.00 bits per heavy atom. The van der Waals surface area contributed by atoms with Crippen molar-refractivity contribution >= 4 is 16.6 Å². The summed E-state index contributed by atoms with van der Waals surface area (Å²) in [4.78, 5) is 8.73. The second kappa shape index (κ2) is 6.87. The second-order valence-electron chi connectivity index (χ2n) is 5.85. The van der Waals surface area contributed by atoms with Crippen LogP contribution in [-0.4, -0.2) is 44.4 Å². The predicted molar refractivity (Wildman–Crippen MR) is 99.4 cm³/mol. The standard InChI is InChI=1S/C18H17N7O2/c1-26-15-7-13-14(8-16(15)27-2)20-10-21-17(13)18-22-23-24-25(18)9-11-3-5-12(19)6-4-11/h3-8,10H,9,19H2,1-2H3. The minimum Gasteiger partial charge on any atom is -0.493 e. The molecule has 0 saturated heterocycles. The number of ether oxygens (including phenoxy) is 2. The zero-order valence-corrected chi connectivity index (χ0v) is 14.8. The van der Waals surface area contributed by atoms with Crippen LogP contribution >= 0.6 is 0 Å². The minimum absolute atomic E-state index is 0.487. The molecule has 0 fully saturated rings. The van der Waals surface area contributed by atoms with Gasteiger partial charge in [0.1, 0.15) is 12.0 Å². The molecule has 2 aromatic carbocycles. The van der Waals surface area contributed by atoms with Gasteiger partial charge in [-0.25, -0.2) is 14.6 Å². The SMILES string of the molecule is COc1cc2ncnc(-c3nnnn3Cc3ccc(N)cc3)c2cc1OC. The number of hydrogen-bond acceptors (Lipinski definition) is 8. The fraction of sp³-hybridized carbons (Fsp3) is 0.167. The Hall–Kier alpha value is -3.75. The minimum atomic E-state index is 0.487. The maximum absolute atomic E-state index is 5.75. The number of aromatic nitrogens is 6. The van der Waals surface area contributed by atoms with Crippen LogP contribution in [-0.2, 0) is 6.54 Å². The van der Waals surface area contributed by atoms with Gasteiger partial charge in [0.05, 0.1) is 26.3 Å². The Morgan fingerprint density at radius 3 is 2.48 bits per heavy atom. The Kier molecular flexibility index (Phi) is 4.25. The molecule has 9 nitrogen and oxygen atoms in total. The Balaban J connectivity index is 1.81. The number of methoxy groups -OCH3 is 2. The molecular formula is C18H17N7O2. The van der Waals surface area contributed by atoms with E-state index in [1.165, 1.54) is 6.33 Å². The van der Waals surface area contributed by atoms with Gasteiger partial charge in [0.25, 0.3) is 0 Å². The largest absolute Gasteiger partial charge is 0.493 e. The highest BCUT2D eigenvalue weighted by atomic mass is 16.5. The van der Waals surface area contributed by atoms with Gasteiger partial charge in [0.15, 0.2) is 11.5 Å². The fourth-order valence-electron chi connectivity index (χ4n) is 2.84.